The summed E-state index contributed by atoms with van der Waals surface area (Å²) in [7, 11) is 3.26. The number of nitrogens with zero attached hydrogens (tertiary/aromatic N) is 3. The molecule has 0 atom stereocenters. The number of pyridine rings is 1. The van der Waals surface area contributed by atoms with Crippen LogP contribution in [0.15, 0.2) is 36.5 Å². The summed E-state index contributed by atoms with van der Waals surface area (Å²) >= 11 is 0. The lowest BCUT2D eigenvalue weighted by atomic mass is 10.1. The van der Waals surface area contributed by atoms with Crippen LogP contribution in [0.1, 0.15) is 5.82 Å². The van der Waals surface area contributed by atoms with Gasteiger partial charge in [-0.05, 0) is 36.8 Å². The molecule has 0 fully saturated rings. The maximum atomic E-state index is 5.33. The quantitative estimate of drug-likeness (QED) is 0.733. The summed E-state index contributed by atoms with van der Waals surface area (Å²) in [5.41, 5.74) is 2.92. The van der Waals surface area contributed by atoms with Gasteiger partial charge in [0.05, 0.1) is 14.2 Å². The van der Waals surface area contributed by atoms with Gasteiger partial charge in [0, 0.05) is 11.8 Å². The molecule has 5 nitrogen and oxygen atoms in total. The van der Waals surface area contributed by atoms with Gasteiger partial charge in [0.15, 0.2) is 17.1 Å². The minimum Gasteiger partial charge on any atom is -0.493 e. The van der Waals surface area contributed by atoms with Crippen LogP contribution in [0.5, 0.6) is 11.5 Å². The fourth-order valence-electron chi connectivity index (χ4n) is 2.18. The van der Waals surface area contributed by atoms with Crippen molar-refractivity contribution in [1.82, 2.24) is 14.6 Å². The minimum atomic E-state index is 0.708. The molecule has 0 bridgehead atoms. The van der Waals surface area contributed by atoms with E-state index in [4.69, 9.17) is 9.47 Å². The first-order chi connectivity index (χ1) is 9.71. The number of methoxy groups -OCH3 is 2. The van der Waals surface area contributed by atoms with Gasteiger partial charge < -0.3 is 9.47 Å². The molecule has 0 saturated heterocycles. The molecule has 0 spiro atoms. The number of benzene rings is 1. The number of hydrogen-bond donors (Lipinski definition) is 0. The van der Waals surface area contributed by atoms with Crippen molar-refractivity contribution in [2.24, 2.45) is 0 Å². The van der Waals surface area contributed by atoms with Crippen molar-refractivity contribution in [1.29, 1.82) is 0 Å². The van der Waals surface area contributed by atoms with Gasteiger partial charge in [-0.15, -0.1) is 0 Å². The van der Waals surface area contributed by atoms with E-state index in [1.165, 1.54) is 0 Å². The molecular formula is C15H15N3O2. The minimum absolute atomic E-state index is 0.708. The van der Waals surface area contributed by atoms with Gasteiger partial charge in [-0.2, -0.15) is 5.10 Å². The van der Waals surface area contributed by atoms with Crippen LogP contribution < -0.4 is 9.47 Å². The van der Waals surface area contributed by atoms with Gasteiger partial charge in [0.2, 0.25) is 0 Å². The molecule has 0 radical (unpaired) electrons. The Morgan fingerprint density at radius 1 is 0.950 bits per heavy atom. The summed E-state index contributed by atoms with van der Waals surface area (Å²) in [6.45, 7) is 1.88. The molecule has 2 aromatic heterocycles. The zero-order valence-corrected chi connectivity index (χ0v) is 11.6. The van der Waals surface area contributed by atoms with Crippen molar-refractivity contribution in [3.63, 3.8) is 0 Å². The molecule has 0 N–H and O–H groups in total. The molecule has 0 unspecified atom stereocenters. The van der Waals surface area contributed by atoms with E-state index in [0.29, 0.717) is 11.5 Å². The molecule has 20 heavy (non-hydrogen) atoms. The molecule has 3 rings (SSSR count). The first-order valence-electron chi connectivity index (χ1n) is 6.26. The molecule has 5 heteroatoms. The highest BCUT2D eigenvalue weighted by atomic mass is 16.5. The Morgan fingerprint density at radius 3 is 2.45 bits per heavy atom. The molecule has 1 aromatic carbocycles. The Bertz CT molecular complexity index is 765. The Morgan fingerprint density at radius 2 is 1.70 bits per heavy atom. The molecule has 102 valence electrons. The van der Waals surface area contributed by atoms with Gasteiger partial charge in [-0.1, -0.05) is 6.07 Å². The molecule has 3 aromatic rings. The topological polar surface area (TPSA) is 48.7 Å². The average molecular weight is 269 g/mol. The van der Waals surface area contributed by atoms with E-state index >= 15 is 0 Å². The Labute approximate surface area is 116 Å². The SMILES string of the molecule is COc1ccc(-c2ccc3nc(C)nn3c2)cc1OC. The van der Waals surface area contributed by atoms with Gasteiger partial charge in [0.25, 0.3) is 0 Å². The predicted octanol–water partition coefficient (Wildman–Crippen LogP) is 2.72. The van der Waals surface area contributed by atoms with Crippen LogP contribution >= 0.6 is 0 Å². The highest BCUT2D eigenvalue weighted by Crippen LogP contribution is 2.32. The van der Waals surface area contributed by atoms with Crippen molar-refractivity contribution in [3.8, 4) is 22.6 Å². The Balaban J connectivity index is 2.09. The maximum Gasteiger partial charge on any atom is 0.161 e. The predicted molar refractivity (Wildman–Crippen MR) is 76.3 cm³/mol. The van der Waals surface area contributed by atoms with Crippen LogP contribution in [-0.2, 0) is 0 Å². The largest absolute Gasteiger partial charge is 0.493 e. The first-order valence-corrected chi connectivity index (χ1v) is 6.26. The van der Waals surface area contributed by atoms with Crippen molar-refractivity contribution in [2.45, 2.75) is 6.92 Å². The van der Waals surface area contributed by atoms with Gasteiger partial charge in [-0.25, -0.2) is 9.50 Å². The van der Waals surface area contributed by atoms with E-state index in [1.54, 1.807) is 18.7 Å². The lowest BCUT2D eigenvalue weighted by Crippen LogP contribution is -1.92. The summed E-state index contributed by atoms with van der Waals surface area (Å²) in [6.07, 6.45) is 1.95. The zero-order chi connectivity index (χ0) is 14.1. The van der Waals surface area contributed by atoms with Gasteiger partial charge in [0.1, 0.15) is 5.82 Å². The fourth-order valence-corrected chi connectivity index (χ4v) is 2.18. The number of aromatic nitrogens is 3. The van der Waals surface area contributed by atoms with Crippen molar-refractivity contribution >= 4 is 5.65 Å². The second kappa shape index (κ2) is 4.85. The third-order valence-corrected chi connectivity index (χ3v) is 3.15. The lowest BCUT2D eigenvalue weighted by molar-refractivity contribution is 0.355. The summed E-state index contributed by atoms with van der Waals surface area (Å²) < 4.78 is 12.4. The number of aryl methyl sites for hydroxylation is 1. The van der Waals surface area contributed by atoms with E-state index in [2.05, 4.69) is 10.1 Å². The normalized spacial score (nSPS) is 10.8. The third kappa shape index (κ3) is 2.07. The Hall–Kier alpha value is -2.56. The first kappa shape index (κ1) is 12.5. The van der Waals surface area contributed by atoms with Crippen LogP contribution in [0.4, 0.5) is 0 Å². The molecule has 0 saturated carbocycles. The molecular weight excluding hydrogens is 254 g/mol. The monoisotopic (exact) mass is 269 g/mol. The molecule has 0 aliphatic heterocycles. The molecule has 0 aliphatic carbocycles. The fraction of sp³-hybridized carbons (Fsp3) is 0.200. The number of ether oxygens (including phenoxy) is 2. The van der Waals surface area contributed by atoms with E-state index < -0.39 is 0 Å². The second-order valence-corrected chi connectivity index (χ2v) is 4.45. The van der Waals surface area contributed by atoms with Crippen molar-refractivity contribution in [3.05, 3.63) is 42.4 Å². The summed E-state index contributed by atoms with van der Waals surface area (Å²) in [5, 5.41) is 4.33. The third-order valence-electron chi connectivity index (χ3n) is 3.15. The molecule has 0 amide bonds. The number of rotatable bonds is 3. The van der Waals surface area contributed by atoms with Crippen LogP contribution in [0.2, 0.25) is 0 Å². The zero-order valence-electron chi connectivity index (χ0n) is 11.6. The van der Waals surface area contributed by atoms with E-state index in [0.717, 1.165) is 22.6 Å². The highest BCUT2D eigenvalue weighted by molar-refractivity contribution is 5.67. The van der Waals surface area contributed by atoms with Crippen LogP contribution in [0.25, 0.3) is 16.8 Å². The Kier molecular flexibility index (Phi) is 3.02. The van der Waals surface area contributed by atoms with E-state index in [-0.39, 0.29) is 0 Å². The van der Waals surface area contributed by atoms with Crippen LogP contribution in [0, 0.1) is 6.92 Å². The van der Waals surface area contributed by atoms with E-state index in [1.807, 2.05) is 43.5 Å². The lowest BCUT2D eigenvalue weighted by Gasteiger charge is -2.09. The summed E-state index contributed by atoms with van der Waals surface area (Å²) in [6, 6.07) is 9.80. The molecule has 0 aliphatic rings. The van der Waals surface area contributed by atoms with Crippen molar-refractivity contribution < 1.29 is 9.47 Å². The van der Waals surface area contributed by atoms with Gasteiger partial charge >= 0.3 is 0 Å². The van der Waals surface area contributed by atoms with Crippen LogP contribution in [0.3, 0.4) is 0 Å². The van der Waals surface area contributed by atoms with Gasteiger partial charge in [-0.3, -0.25) is 0 Å². The number of fused-ring (bicyclic) bond motifs is 1. The highest BCUT2D eigenvalue weighted by Gasteiger charge is 2.07. The second-order valence-electron chi connectivity index (χ2n) is 4.45. The number of hydrogen-bond acceptors (Lipinski definition) is 4. The van der Waals surface area contributed by atoms with Crippen molar-refractivity contribution in [2.75, 3.05) is 14.2 Å². The summed E-state index contributed by atoms with van der Waals surface area (Å²) in [5.74, 6) is 2.18. The van der Waals surface area contributed by atoms with E-state index in [9.17, 15) is 0 Å². The summed E-state index contributed by atoms with van der Waals surface area (Å²) in [4.78, 5) is 4.32. The standard InChI is InChI=1S/C15H15N3O2/c1-10-16-15-7-5-12(9-18(15)17-10)11-4-6-13(19-2)14(8-11)20-3/h4-9H,1-3H3. The average Bonchev–Trinajstić information content (AvgIpc) is 2.85. The molecule has 2 heterocycles. The smallest absolute Gasteiger partial charge is 0.161 e. The maximum absolute atomic E-state index is 5.33. The van der Waals surface area contributed by atoms with Crippen LogP contribution in [-0.4, -0.2) is 28.8 Å².